The van der Waals surface area contributed by atoms with Gasteiger partial charge in [0.1, 0.15) is 0 Å². The van der Waals surface area contributed by atoms with Crippen molar-refractivity contribution in [1.82, 2.24) is 0 Å². The van der Waals surface area contributed by atoms with E-state index in [0.29, 0.717) is 5.92 Å². The fourth-order valence-electron chi connectivity index (χ4n) is 1.93. The molecule has 0 N–H and O–H groups in total. The molecule has 0 spiro atoms. The van der Waals surface area contributed by atoms with E-state index in [1.54, 1.807) is 0 Å². The van der Waals surface area contributed by atoms with Crippen LogP contribution < -0.4 is 0 Å². The number of benzene rings is 2. The minimum atomic E-state index is 0.463. The van der Waals surface area contributed by atoms with Crippen molar-refractivity contribution >= 4 is 5.71 Å². The maximum Gasteiger partial charge on any atom is 0.0458 e. The first-order chi connectivity index (χ1) is 8.77. The summed E-state index contributed by atoms with van der Waals surface area (Å²) in [6.07, 6.45) is 0. The minimum absolute atomic E-state index is 0.463. The maximum absolute atomic E-state index is 4.69. The lowest BCUT2D eigenvalue weighted by Crippen LogP contribution is -2.02. The highest BCUT2D eigenvalue weighted by Crippen LogP contribution is 2.15. The van der Waals surface area contributed by atoms with Gasteiger partial charge in [0.15, 0.2) is 0 Å². The van der Waals surface area contributed by atoms with Gasteiger partial charge in [-0.05, 0) is 18.1 Å². The number of rotatable bonds is 4. The summed E-state index contributed by atoms with van der Waals surface area (Å²) >= 11 is 0. The molecule has 1 heteroatoms. The first-order valence-corrected chi connectivity index (χ1v) is 6.39. The van der Waals surface area contributed by atoms with Crippen molar-refractivity contribution in [2.75, 3.05) is 6.54 Å². The van der Waals surface area contributed by atoms with Crippen molar-refractivity contribution in [1.29, 1.82) is 0 Å². The smallest absolute Gasteiger partial charge is 0.0458 e. The van der Waals surface area contributed by atoms with Crippen molar-refractivity contribution in [3.8, 4) is 0 Å². The monoisotopic (exact) mass is 237 g/mol. The number of nitrogens with zero attached hydrogens (tertiary/aromatic N) is 1. The van der Waals surface area contributed by atoms with E-state index in [1.165, 1.54) is 11.1 Å². The van der Waals surface area contributed by atoms with Gasteiger partial charge >= 0.3 is 0 Å². The van der Waals surface area contributed by atoms with E-state index in [-0.39, 0.29) is 0 Å². The molecule has 0 saturated heterocycles. The molecule has 0 saturated carbocycles. The molecule has 0 amide bonds. The van der Waals surface area contributed by atoms with Gasteiger partial charge in [-0.25, -0.2) is 0 Å². The molecule has 0 aromatic heterocycles. The van der Waals surface area contributed by atoms with E-state index in [1.807, 2.05) is 6.07 Å². The summed E-state index contributed by atoms with van der Waals surface area (Å²) < 4.78 is 0. The van der Waals surface area contributed by atoms with E-state index in [4.69, 9.17) is 0 Å². The van der Waals surface area contributed by atoms with Crippen LogP contribution in [0.3, 0.4) is 0 Å². The zero-order valence-corrected chi connectivity index (χ0v) is 11.0. The van der Waals surface area contributed by atoms with E-state index in [9.17, 15) is 0 Å². The number of hydrogen-bond acceptors (Lipinski definition) is 1. The average molecular weight is 237 g/mol. The predicted molar refractivity (Wildman–Crippen MR) is 78.4 cm³/mol. The highest BCUT2D eigenvalue weighted by molar-refractivity contribution is 5.98. The third-order valence-electron chi connectivity index (χ3n) is 3.16. The van der Waals surface area contributed by atoms with Crippen LogP contribution >= 0.6 is 0 Å². The molecule has 0 aliphatic carbocycles. The van der Waals surface area contributed by atoms with Gasteiger partial charge in [-0.3, -0.25) is 4.99 Å². The van der Waals surface area contributed by atoms with Crippen molar-refractivity contribution in [2.45, 2.75) is 19.8 Å². The molecule has 2 aromatic rings. The molecule has 0 heterocycles. The van der Waals surface area contributed by atoms with Crippen LogP contribution in [0.1, 0.15) is 30.9 Å². The van der Waals surface area contributed by atoms with Crippen LogP contribution in [0.4, 0.5) is 0 Å². The van der Waals surface area contributed by atoms with Gasteiger partial charge < -0.3 is 0 Å². The second-order valence-electron chi connectivity index (χ2n) is 4.60. The molecule has 0 bridgehead atoms. The lowest BCUT2D eigenvalue weighted by Gasteiger charge is -2.09. The lowest BCUT2D eigenvalue weighted by atomic mass is 10.0. The minimum Gasteiger partial charge on any atom is -0.289 e. The first kappa shape index (κ1) is 12.6. The van der Waals surface area contributed by atoms with Gasteiger partial charge in [-0.15, -0.1) is 0 Å². The number of aliphatic imine (C=N–C) groups is 1. The highest BCUT2D eigenvalue weighted by atomic mass is 14.7. The zero-order chi connectivity index (χ0) is 12.8. The fourth-order valence-corrected chi connectivity index (χ4v) is 1.93. The molecule has 1 nitrogen and oxygen atoms in total. The Morgan fingerprint density at radius 3 is 2.11 bits per heavy atom. The molecular weight excluding hydrogens is 218 g/mol. The molecule has 92 valence electrons. The van der Waals surface area contributed by atoms with E-state index >= 15 is 0 Å². The lowest BCUT2D eigenvalue weighted by molar-refractivity contribution is 0.775. The standard InChI is InChI=1S/C17H19N/c1-14(16-9-5-3-6-10-16)13-18-15(2)17-11-7-4-8-12-17/h3-12,14H,13H2,1-2H3. The van der Waals surface area contributed by atoms with Crippen LogP contribution in [0.5, 0.6) is 0 Å². The van der Waals surface area contributed by atoms with E-state index < -0.39 is 0 Å². The molecule has 2 aromatic carbocycles. The van der Waals surface area contributed by atoms with Crippen LogP contribution in [0.2, 0.25) is 0 Å². The van der Waals surface area contributed by atoms with Crippen molar-refractivity contribution in [3.05, 3.63) is 71.8 Å². The van der Waals surface area contributed by atoms with Crippen LogP contribution in [0.25, 0.3) is 0 Å². The summed E-state index contributed by atoms with van der Waals surface area (Å²) in [5, 5.41) is 0. The Hall–Kier alpha value is -1.89. The molecule has 1 unspecified atom stereocenters. The SMILES string of the molecule is CC(=NCC(C)c1ccccc1)c1ccccc1. The van der Waals surface area contributed by atoms with Crippen LogP contribution in [-0.2, 0) is 0 Å². The molecule has 18 heavy (non-hydrogen) atoms. The largest absolute Gasteiger partial charge is 0.289 e. The zero-order valence-electron chi connectivity index (χ0n) is 11.0. The summed E-state index contributed by atoms with van der Waals surface area (Å²) in [4.78, 5) is 4.69. The van der Waals surface area contributed by atoms with Gasteiger partial charge in [0.2, 0.25) is 0 Å². The van der Waals surface area contributed by atoms with Crippen molar-refractivity contribution in [3.63, 3.8) is 0 Å². The third-order valence-corrected chi connectivity index (χ3v) is 3.16. The van der Waals surface area contributed by atoms with Gasteiger partial charge in [0.05, 0.1) is 0 Å². The second-order valence-corrected chi connectivity index (χ2v) is 4.60. The first-order valence-electron chi connectivity index (χ1n) is 6.39. The Labute approximate surface area is 109 Å². The van der Waals surface area contributed by atoms with Crippen molar-refractivity contribution in [2.24, 2.45) is 4.99 Å². The summed E-state index contributed by atoms with van der Waals surface area (Å²) in [6, 6.07) is 20.9. The summed E-state index contributed by atoms with van der Waals surface area (Å²) in [6.45, 7) is 5.13. The second kappa shape index (κ2) is 6.15. The normalized spacial score (nSPS) is 13.3. The Morgan fingerprint density at radius 1 is 0.944 bits per heavy atom. The van der Waals surface area contributed by atoms with Gasteiger partial charge in [-0.1, -0.05) is 67.6 Å². The predicted octanol–water partition coefficient (Wildman–Crippen LogP) is 4.30. The molecule has 0 aliphatic rings. The number of hydrogen-bond donors (Lipinski definition) is 0. The maximum atomic E-state index is 4.69. The van der Waals surface area contributed by atoms with Crippen LogP contribution in [0, 0.1) is 0 Å². The quantitative estimate of drug-likeness (QED) is 0.703. The molecular formula is C17H19N. The average Bonchev–Trinajstić information content (AvgIpc) is 2.46. The Kier molecular flexibility index (Phi) is 4.30. The summed E-state index contributed by atoms with van der Waals surface area (Å²) in [5.74, 6) is 0.463. The summed E-state index contributed by atoms with van der Waals surface area (Å²) in [7, 11) is 0. The highest BCUT2D eigenvalue weighted by Gasteiger charge is 2.04. The van der Waals surface area contributed by atoms with Crippen LogP contribution in [-0.4, -0.2) is 12.3 Å². The van der Waals surface area contributed by atoms with Gasteiger partial charge in [-0.2, -0.15) is 0 Å². The Balaban J connectivity index is 2.03. The van der Waals surface area contributed by atoms with Crippen LogP contribution in [0.15, 0.2) is 65.7 Å². The van der Waals surface area contributed by atoms with Crippen molar-refractivity contribution < 1.29 is 0 Å². The van der Waals surface area contributed by atoms with E-state index in [0.717, 1.165) is 12.3 Å². The molecule has 2 rings (SSSR count). The molecule has 0 radical (unpaired) electrons. The summed E-state index contributed by atoms with van der Waals surface area (Å²) in [5.41, 5.74) is 3.67. The van der Waals surface area contributed by atoms with E-state index in [2.05, 4.69) is 73.4 Å². The fraction of sp³-hybridized carbons (Fsp3) is 0.235. The molecule has 0 aliphatic heterocycles. The van der Waals surface area contributed by atoms with Gasteiger partial charge in [0, 0.05) is 18.2 Å². The Morgan fingerprint density at radius 2 is 1.50 bits per heavy atom. The Bertz CT molecular complexity index is 500. The molecule has 0 fully saturated rings. The topological polar surface area (TPSA) is 12.4 Å². The third kappa shape index (κ3) is 3.30. The molecule has 1 atom stereocenters. The van der Waals surface area contributed by atoms with Gasteiger partial charge in [0.25, 0.3) is 0 Å².